The van der Waals surface area contributed by atoms with Crippen LogP contribution in [-0.2, 0) is 17.9 Å². The smallest absolute Gasteiger partial charge is 0.306 e. The summed E-state index contributed by atoms with van der Waals surface area (Å²) in [6, 6.07) is 23.9. The second-order valence-electron chi connectivity index (χ2n) is 11.3. The summed E-state index contributed by atoms with van der Waals surface area (Å²) in [5.74, 6) is -1.61. The van der Waals surface area contributed by atoms with E-state index >= 15 is 8.78 Å². The summed E-state index contributed by atoms with van der Waals surface area (Å²) in [4.78, 5) is 52.9. The standard InChI is InChI=1S/C36H32F2N6O4S/c1-22(30-14-7-8-19-39-30)42(2)20-27-31-33(45)44(25-10-5-4-6-11-25)36(47)43(21-26-28(37)12-9-13-29(26)38)34(31)49-32(27)23-15-17-24(18-16-23)40-35(46)41-48-3/h4-19,22H,20-21H2,1-3H3,(H2,40,41,46). The van der Waals surface area contributed by atoms with Crippen LogP contribution < -0.4 is 22.0 Å². The SMILES string of the molecule is CONC(=O)Nc1ccc(-c2sc3c(c2CN(C)C(C)c2ccccn2)c(=O)n(-c2ccccc2)c(=O)n3Cc2c(F)cccc2F)cc1. The number of urea groups is 1. The number of benzene rings is 3. The third-order valence-corrected chi connectivity index (χ3v) is 9.55. The number of hydrogen-bond acceptors (Lipinski definition) is 7. The largest absolute Gasteiger partial charge is 0.343 e. The molecule has 1 atom stereocenters. The minimum atomic E-state index is -0.806. The lowest BCUT2D eigenvalue weighted by Crippen LogP contribution is -2.39. The van der Waals surface area contributed by atoms with E-state index in [1.165, 1.54) is 29.1 Å². The molecule has 0 radical (unpaired) electrons. The third kappa shape index (κ3) is 6.77. The van der Waals surface area contributed by atoms with E-state index in [0.717, 1.165) is 22.4 Å². The molecule has 1 unspecified atom stereocenters. The highest BCUT2D eigenvalue weighted by Crippen LogP contribution is 2.39. The molecule has 13 heteroatoms. The van der Waals surface area contributed by atoms with Crippen LogP contribution in [0.3, 0.4) is 0 Å². The molecule has 0 spiro atoms. The highest BCUT2D eigenvalue weighted by Gasteiger charge is 2.27. The Morgan fingerprint density at radius 2 is 1.63 bits per heavy atom. The Balaban J connectivity index is 1.60. The highest BCUT2D eigenvalue weighted by molar-refractivity contribution is 7.22. The Labute approximate surface area is 283 Å². The Hall–Kier alpha value is -5.50. The first-order valence-corrected chi connectivity index (χ1v) is 16.1. The Bertz CT molecular complexity index is 2220. The van der Waals surface area contributed by atoms with E-state index in [-0.39, 0.29) is 28.4 Å². The van der Waals surface area contributed by atoms with Gasteiger partial charge in [0.2, 0.25) is 0 Å². The van der Waals surface area contributed by atoms with Crippen molar-refractivity contribution in [3.05, 3.63) is 146 Å². The van der Waals surface area contributed by atoms with Gasteiger partial charge in [0.1, 0.15) is 16.5 Å². The molecule has 0 saturated heterocycles. The number of para-hydroxylation sites is 1. The summed E-state index contributed by atoms with van der Waals surface area (Å²) in [5.41, 5.74) is 3.57. The van der Waals surface area contributed by atoms with Gasteiger partial charge in [-0.2, -0.15) is 0 Å². The zero-order chi connectivity index (χ0) is 34.7. The van der Waals surface area contributed by atoms with Crippen molar-refractivity contribution in [3.63, 3.8) is 0 Å². The Morgan fingerprint density at radius 1 is 0.939 bits per heavy atom. The van der Waals surface area contributed by atoms with Gasteiger partial charge < -0.3 is 5.32 Å². The number of pyridine rings is 1. The molecule has 0 aliphatic rings. The topological polar surface area (TPSA) is 110 Å². The van der Waals surface area contributed by atoms with Gasteiger partial charge in [0.15, 0.2) is 0 Å². The van der Waals surface area contributed by atoms with Gasteiger partial charge in [0.05, 0.1) is 30.4 Å². The molecule has 6 rings (SSSR count). The van der Waals surface area contributed by atoms with Crippen molar-refractivity contribution in [2.24, 2.45) is 0 Å². The predicted octanol–water partition coefficient (Wildman–Crippen LogP) is 6.48. The Kier molecular flexibility index (Phi) is 9.76. The average molecular weight is 683 g/mol. The first-order chi connectivity index (χ1) is 23.7. The molecule has 0 bridgehead atoms. The molecule has 49 heavy (non-hydrogen) atoms. The summed E-state index contributed by atoms with van der Waals surface area (Å²) in [5, 5.41) is 2.91. The number of rotatable bonds is 10. The van der Waals surface area contributed by atoms with Gasteiger partial charge >= 0.3 is 11.7 Å². The van der Waals surface area contributed by atoms with Gasteiger partial charge in [0.25, 0.3) is 5.56 Å². The molecule has 0 saturated carbocycles. The summed E-state index contributed by atoms with van der Waals surface area (Å²) in [6.45, 7) is 1.82. The molecule has 0 aliphatic heterocycles. The Morgan fingerprint density at radius 3 is 2.29 bits per heavy atom. The first kappa shape index (κ1) is 33.4. The van der Waals surface area contributed by atoms with Crippen LogP contribution in [0.1, 0.15) is 29.8 Å². The normalized spacial score (nSPS) is 12.0. The van der Waals surface area contributed by atoms with E-state index < -0.39 is 35.5 Å². The molecular formula is C36H32F2N6O4S. The van der Waals surface area contributed by atoms with Crippen LogP contribution in [-0.4, -0.2) is 39.2 Å². The average Bonchev–Trinajstić information content (AvgIpc) is 3.47. The number of thiophene rings is 1. The number of hydroxylamine groups is 1. The van der Waals surface area contributed by atoms with Crippen LogP contribution in [0.25, 0.3) is 26.3 Å². The summed E-state index contributed by atoms with van der Waals surface area (Å²) in [6.07, 6.45) is 1.71. The predicted molar refractivity (Wildman–Crippen MR) is 186 cm³/mol. The molecule has 0 aliphatic carbocycles. The van der Waals surface area contributed by atoms with Crippen molar-refractivity contribution in [2.75, 3.05) is 19.5 Å². The van der Waals surface area contributed by atoms with Gasteiger partial charge in [-0.1, -0.05) is 42.5 Å². The summed E-state index contributed by atoms with van der Waals surface area (Å²) in [7, 11) is 3.23. The van der Waals surface area contributed by atoms with E-state index in [4.69, 9.17) is 0 Å². The number of anilines is 1. The number of aromatic nitrogens is 3. The number of halogens is 2. The van der Waals surface area contributed by atoms with E-state index in [1.54, 1.807) is 60.8 Å². The van der Waals surface area contributed by atoms with Gasteiger partial charge in [0, 0.05) is 34.9 Å². The van der Waals surface area contributed by atoms with Crippen molar-refractivity contribution in [1.82, 2.24) is 24.5 Å². The van der Waals surface area contributed by atoms with E-state index in [2.05, 4.69) is 20.6 Å². The molecular weight excluding hydrogens is 650 g/mol. The number of nitrogens with one attached hydrogen (secondary N) is 2. The zero-order valence-corrected chi connectivity index (χ0v) is 27.6. The lowest BCUT2D eigenvalue weighted by molar-refractivity contribution is 0.114. The van der Waals surface area contributed by atoms with Gasteiger partial charge in [-0.25, -0.2) is 28.4 Å². The first-order valence-electron chi connectivity index (χ1n) is 15.3. The van der Waals surface area contributed by atoms with Crippen LogP contribution in [0.5, 0.6) is 0 Å². The van der Waals surface area contributed by atoms with E-state index in [1.807, 2.05) is 37.1 Å². The molecule has 10 nitrogen and oxygen atoms in total. The minimum Gasteiger partial charge on any atom is -0.306 e. The molecule has 0 fully saturated rings. The second-order valence-corrected chi connectivity index (χ2v) is 12.3. The van der Waals surface area contributed by atoms with Crippen molar-refractivity contribution in [1.29, 1.82) is 0 Å². The third-order valence-electron chi connectivity index (χ3n) is 8.25. The number of amides is 2. The van der Waals surface area contributed by atoms with Gasteiger partial charge in [-0.3, -0.25) is 24.1 Å². The van der Waals surface area contributed by atoms with E-state index in [9.17, 15) is 14.4 Å². The summed E-state index contributed by atoms with van der Waals surface area (Å²) >= 11 is 1.19. The molecule has 250 valence electrons. The molecule has 3 aromatic heterocycles. The lowest BCUT2D eigenvalue weighted by Gasteiger charge is -2.24. The fourth-order valence-corrected chi connectivity index (χ4v) is 6.93. The minimum absolute atomic E-state index is 0.162. The molecule has 3 heterocycles. The highest BCUT2D eigenvalue weighted by atomic mass is 32.1. The van der Waals surface area contributed by atoms with Crippen LogP contribution in [0.4, 0.5) is 19.3 Å². The van der Waals surface area contributed by atoms with Crippen LogP contribution in [0.15, 0.2) is 107 Å². The maximum absolute atomic E-state index is 15.0. The molecule has 6 aromatic rings. The number of carbonyl (C=O) groups is 1. The van der Waals surface area contributed by atoms with E-state index in [0.29, 0.717) is 27.4 Å². The monoisotopic (exact) mass is 682 g/mol. The quantitative estimate of drug-likeness (QED) is 0.160. The number of hydrogen-bond donors (Lipinski definition) is 2. The van der Waals surface area contributed by atoms with Crippen molar-refractivity contribution >= 4 is 33.3 Å². The molecule has 2 amide bonds. The maximum atomic E-state index is 15.0. The second kappa shape index (κ2) is 14.3. The summed E-state index contributed by atoms with van der Waals surface area (Å²) < 4.78 is 32.4. The zero-order valence-electron chi connectivity index (χ0n) is 26.8. The number of nitrogens with zero attached hydrogens (tertiary/aromatic N) is 4. The number of carbonyl (C=O) groups excluding carboxylic acids is 1. The lowest BCUT2D eigenvalue weighted by atomic mass is 10.0. The van der Waals surface area contributed by atoms with Gasteiger partial charge in [-0.05, 0) is 73.6 Å². The van der Waals surface area contributed by atoms with Crippen LogP contribution in [0, 0.1) is 11.6 Å². The van der Waals surface area contributed by atoms with Crippen molar-refractivity contribution in [2.45, 2.75) is 26.1 Å². The fourth-order valence-electron chi connectivity index (χ4n) is 5.63. The maximum Gasteiger partial charge on any atom is 0.343 e. The van der Waals surface area contributed by atoms with Crippen LogP contribution >= 0.6 is 11.3 Å². The fraction of sp³-hybridized carbons (Fsp3) is 0.167. The van der Waals surface area contributed by atoms with Crippen LogP contribution in [0.2, 0.25) is 0 Å². The molecule has 3 aromatic carbocycles. The van der Waals surface area contributed by atoms with Crippen molar-refractivity contribution in [3.8, 4) is 16.1 Å². The van der Waals surface area contributed by atoms with Gasteiger partial charge in [-0.15, -0.1) is 11.3 Å². The molecule has 2 N–H and O–H groups in total. The number of fused-ring (bicyclic) bond motifs is 1. The van der Waals surface area contributed by atoms with Crippen molar-refractivity contribution < 1.29 is 18.4 Å².